The highest BCUT2D eigenvalue weighted by Crippen LogP contribution is 2.38. The predicted octanol–water partition coefficient (Wildman–Crippen LogP) is 4.38. The van der Waals surface area contributed by atoms with Crippen molar-refractivity contribution in [3.05, 3.63) is 86.4 Å². The Morgan fingerprint density at radius 1 is 1.21 bits per heavy atom. The molecule has 2 unspecified atom stereocenters. The van der Waals surface area contributed by atoms with Crippen LogP contribution in [-0.4, -0.2) is 21.4 Å². The number of fused-ring (bicyclic) bond motifs is 2. The van der Waals surface area contributed by atoms with E-state index in [1.54, 1.807) is 25.1 Å². The smallest absolute Gasteiger partial charge is 0.408 e. The molecule has 10 heteroatoms. The third kappa shape index (κ3) is 4.26. The van der Waals surface area contributed by atoms with Crippen LogP contribution in [0.15, 0.2) is 45.6 Å². The quantitative estimate of drug-likeness (QED) is 0.381. The van der Waals surface area contributed by atoms with E-state index in [-0.39, 0.29) is 45.7 Å². The van der Waals surface area contributed by atoms with Gasteiger partial charge in [0.2, 0.25) is 0 Å². The number of primary amides is 1. The van der Waals surface area contributed by atoms with E-state index >= 15 is 0 Å². The summed E-state index contributed by atoms with van der Waals surface area (Å²) in [6, 6.07) is 9.73. The zero-order valence-corrected chi connectivity index (χ0v) is 21.8. The van der Waals surface area contributed by atoms with Crippen molar-refractivity contribution in [3.8, 4) is 17.2 Å². The summed E-state index contributed by atoms with van der Waals surface area (Å²) in [5.41, 5.74) is 9.05. The van der Waals surface area contributed by atoms with Gasteiger partial charge in [0.05, 0.1) is 51.7 Å². The molecule has 3 heterocycles. The van der Waals surface area contributed by atoms with E-state index in [0.29, 0.717) is 34.5 Å². The molecule has 0 fully saturated rings. The van der Waals surface area contributed by atoms with Gasteiger partial charge in [0.1, 0.15) is 5.82 Å². The maximum Gasteiger partial charge on any atom is 0.420 e. The lowest BCUT2D eigenvalue weighted by molar-refractivity contribution is 0.0959. The monoisotopic (exact) mass is 527 g/mol. The fourth-order valence-electron chi connectivity index (χ4n) is 5.26. The Balaban J connectivity index is 1.72. The van der Waals surface area contributed by atoms with Crippen LogP contribution in [0.5, 0.6) is 0 Å². The molecule has 2 aromatic carbocycles. The molecule has 0 aliphatic carbocycles. The van der Waals surface area contributed by atoms with E-state index in [0.717, 1.165) is 6.07 Å². The van der Waals surface area contributed by atoms with Crippen molar-refractivity contribution in [2.75, 3.05) is 0 Å². The molecule has 1 aliphatic rings. The van der Waals surface area contributed by atoms with Crippen molar-refractivity contribution in [2.45, 2.75) is 46.2 Å². The standard InChI is InChI=1S/C29H26FN5O4/c1-13(2)9-20-24(27(32)36)23(25-26(34-20)14(3)33-28(25)37)17-6-8-21-22(11-17)39-29(38)35(21)15(4)18-7-5-16(12-31)10-19(18)30/h5-8,10-11,13-15H,9H2,1-4H3,(H2,32,36)(H,33,37). The number of carbonyl (C=O) groups is 2. The second-order valence-electron chi connectivity index (χ2n) is 10.2. The van der Waals surface area contributed by atoms with Gasteiger partial charge >= 0.3 is 5.76 Å². The summed E-state index contributed by atoms with van der Waals surface area (Å²) in [5, 5.41) is 11.9. The van der Waals surface area contributed by atoms with Crippen LogP contribution in [0.3, 0.4) is 0 Å². The van der Waals surface area contributed by atoms with Gasteiger partial charge in [0.25, 0.3) is 11.8 Å². The van der Waals surface area contributed by atoms with Gasteiger partial charge in [-0.2, -0.15) is 5.26 Å². The molecule has 2 aromatic heterocycles. The maximum atomic E-state index is 14.8. The highest BCUT2D eigenvalue weighted by molar-refractivity contribution is 6.11. The number of aromatic nitrogens is 2. The largest absolute Gasteiger partial charge is 0.420 e. The van der Waals surface area contributed by atoms with Crippen LogP contribution in [-0.2, 0) is 6.42 Å². The molecule has 4 aromatic rings. The SMILES string of the molecule is CC(C)Cc1nc2c(c(-c3ccc4c(c3)oc(=O)n4C(C)c3ccc(C#N)cc3F)c1C(N)=O)C(=O)NC2C. The minimum atomic E-state index is -0.743. The Kier molecular flexibility index (Phi) is 6.30. The van der Waals surface area contributed by atoms with Crippen LogP contribution < -0.4 is 16.8 Å². The molecule has 39 heavy (non-hydrogen) atoms. The van der Waals surface area contributed by atoms with Gasteiger partial charge in [-0.3, -0.25) is 19.1 Å². The minimum Gasteiger partial charge on any atom is -0.408 e. The Bertz CT molecular complexity index is 1780. The molecule has 0 saturated carbocycles. The third-order valence-electron chi connectivity index (χ3n) is 7.00. The molecular formula is C29H26FN5O4. The Labute approximate surface area is 223 Å². The zero-order chi connectivity index (χ0) is 28.2. The molecule has 2 atom stereocenters. The van der Waals surface area contributed by atoms with Crippen molar-refractivity contribution in [1.82, 2.24) is 14.9 Å². The maximum absolute atomic E-state index is 14.8. The first kappa shape index (κ1) is 25.9. The molecule has 0 radical (unpaired) electrons. The van der Waals surface area contributed by atoms with Gasteiger partial charge in [0.15, 0.2) is 5.58 Å². The van der Waals surface area contributed by atoms with Crippen molar-refractivity contribution in [3.63, 3.8) is 0 Å². The summed E-state index contributed by atoms with van der Waals surface area (Å²) in [4.78, 5) is 43.4. The fraction of sp³-hybridized carbons (Fsp3) is 0.276. The zero-order valence-electron chi connectivity index (χ0n) is 21.8. The van der Waals surface area contributed by atoms with Gasteiger partial charge in [-0.25, -0.2) is 9.18 Å². The minimum absolute atomic E-state index is 0.154. The number of halogens is 1. The lowest BCUT2D eigenvalue weighted by Gasteiger charge is -2.18. The van der Waals surface area contributed by atoms with E-state index < -0.39 is 23.5 Å². The van der Waals surface area contributed by atoms with Gasteiger partial charge in [-0.05, 0) is 56.0 Å². The van der Waals surface area contributed by atoms with E-state index in [4.69, 9.17) is 15.4 Å². The van der Waals surface area contributed by atoms with Crippen LogP contribution in [0.1, 0.15) is 83.0 Å². The molecule has 9 nitrogen and oxygen atoms in total. The van der Waals surface area contributed by atoms with Gasteiger partial charge < -0.3 is 15.5 Å². The number of oxazole rings is 1. The predicted molar refractivity (Wildman–Crippen MR) is 142 cm³/mol. The summed E-state index contributed by atoms with van der Waals surface area (Å²) < 4.78 is 21.6. The highest BCUT2D eigenvalue weighted by Gasteiger charge is 2.35. The van der Waals surface area contributed by atoms with Gasteiger partial charge in [-0.1, -0.05) is 26.0 Å². The molecule has 5 rings (SSSR count). The number of benzene rings is 2. The Morgan fingerprint density at radius 3 is 2.59 bits per heavy atom. The number of hydrogen-bond donors (Lipinski definition) is 2. The van der Waals surface area contributed by atoms with Crippen LogP contribution in [0.2, 0.25) is 0 Å². The van der Waals surface area contributed by atoms with E-state index in [1.807, 2.05) is 26.8 Å². The lowest BCUT2D eigenvalue weighted by atomic mass is 9.89. The topological polar surface area (TPSA) is 144 Å². The number of hydrogen-bond acceptors (Lipinski definition) is 6. The van der Waals surface area contributed by atoms with Crippen molar-refractivity contribution in [1.29, 1.82) is 5.26 Å². The molecule has 1 aliphatic heterocycles. The fourth-order valence-corrected chi connectivity index (χ4v) is 5.26. The summed E-state index contributed by atoms with van der Waals surface area (Å²) in [7, 11) is 0. The second kappa shape index (κ2) is 9.51. The number of nitriles is 1. The average molecular weight is 528 g/mol. The van der Waals surface area contributed by atoms with Crippen molar-refractivity contribution < 1.29 is 18.4 Å². The molecular weight excluding hydrogens is 501 g/mol. The second-order valence-corrected chi connectivity index (χ2v) is 10.2. The molecule has 198 valence electrons. The summed E-state index contributed by atoms with van der Waals surface area (Å²) in [5.74, 6) is -2.24. The molecule has 0 bridgehead atoms. The molecule has 3 N–H and O–H groups in total. The van der Waals surface area contributed by atoms with Crippen LogP contribution in [0, 0.1) is 23.1 Å². The first-order chi connectivity index (χ1) is 18.5. The molecule has 2 amide bonds. The average Bonchev–Trinajstić information content (AvgIpc) is 3.35. The van der Waals surface area contributed by atoms with E-state index in [9.17, 15) is 18.8 Å². The number of nitrogens with two attached hydrogens (primary N) is 1. The lowest BCUT2D eigenvalue weighted by Crippen LogP contribution is -2.21. The van der Waals surface area contributed by atoms with Crippen LogP contribution in [0.4, 0.5) is 4.39 Å². The number of carbonyl (C=O) groups excluding carboxylic acids is 2. The molecule has 0 saturated heterocycles. The summed E-state index contributed by atoms with van der Waals surface area (Å²) >= 11 is 0. The number of rotatable bonds is 6. The third-order valence-corrected chi connectivity index (χ3v) is 7.00. The summed E-state index contributed by atoms with van der Waals surface area (Å²) in [6.07, 6.45) is 0.473. The highest BCUT2D eigenvalue weighted by atomic mass is 19.1. The molecule has 0 spiro atoms. The van der Waals surface area contributed by atoms with E-state index in [2.05, 4.69) is 10.3 Å². The number of amides is 2. The first-order valence-corrected chi connectivity index (χ1v) is 12.5. The van der Waals surface area contributed by atoms with Gasteiger partial charge in [0, 0.05) is 11.1 Å². The normalized spacial score (nSPS) is 15.3. The van der Waals surface area contributed by atoms with Crippen molar-refractivity contribution >= 4 is 22.9 Å². The number of pyridine rings is 1. The Hall–Kier alpha value is -4.78. The number of nitrogens with zero attached hydrogens (tertiary/aromatic N) is 3. The van der Waals surface area contributed by atoms with Crippen LogP contribution >= 0.6 is 0 Å². The summed E-state index contributed by atoms with van der Waals surface area (Å²) in [6.45, 7) is 7.45. The van der Waals surface area contributed by atoms with E-state index in [1.165, 1.54) is 16.7 Å². The van der Waals surface area contributed by atoms with Gasteiger partial charge in [-0.15, -0.1) is 0 Å². The van der Waals surface area contributed by atoms with Crippen LogP contribution in [0.25, 0.3) is 22.2 Å². The van der Waals surface area contributed by atoms with Crippen molar-refractivity contribution in [2.24, 2.45) is 11.7 Å². The Morgan fingerprint density at radius 2 is 1.95 bits per heavy atom. The first-order valence-electron chi connectivity index (χ1n) is 12.5. The number of nitrogens with one attached hydrogen (secondary N) is 1.